The third-order valence-corrected chi connectivity index (χ3v) is 15.3. The first kappa shape index (κ1) is 35.3. The summed E-state index contributed by atoms with van der Waals surface area (Å²) in [5.74, 6) is 0.171. The summed E-state index contributed by atoms with van der Waals surface area (Å²) in [7, 11) is -1.82. The second-order valence-corrected chi connectivity index (χ2v) is 18.9. The zero-order valence-electron chi connectivity index (χ0n) is 27.8. The Balaban J connectivity index is 1.28. The molecule has 0 saturated heterocycles. The van der Waals surface area contributed by atoms with Gasteiger partial charge in [0, 0.05) is 24.9 Å². The number of thiazole rings is 1. The predicted molar refractivity (Wildman–Crippen MR) is 194 cm³/mol. The van der Waals surface area contributed by atoms with E-state index >= 15 is 0 Å². The molecule has 0 aliphatic rings. The monoisotopic (exact) mass is 676 g/mol. The van der Waals surface area contributed by atoms with Crippen LogP contribution in [-0.4, -0.2) is 45.6 Å². The lowest BCUT2D eigenvalue weighted by Crippen LogP contribution is -2.45. The van der Waals surface area contributed by atoms with Crippen molar-refractivity contribution in [2.45, 2.75) is 59.2 Å². The number of carbonyl (C=O) groups excluding carboxylic acids is 1. The number of esters is 1. The first-order valence-electron chi connectivity index (χ1n) is 15.5. The van der Waals surface area contributed by atoms with Crippen molar-refractivity contribution in [1.29, 1.82) is 0 Å². The minimum absolute atomic E-state index is 0.216. The summed E-state index contributed by atoms with van der Waals surface area (Å²) in [6, 6.07) is 17.9. The number of aromatic nitrogens is 1. The maximum atomic E-state index is 11.3. The average molecular weight is 677 g/mol. The highest BCUT2D eigenvalue weighted by Crippen LogP contribution is 2.44. The zero-order chi connectivity index (χ0) is 33.3. The topological polar surface area (TPSA) is 101 Å². The number of ether oxygens (including phenoxy) is 1. The van der Waals surface area contributed by atoms with E-state index in [1.54, 1.807) is 0 Å². The fraction of sp³-hybridized carbons (Fsp3) is 0.412. The van der Waals surface area contributed by atoms with Crippen molar-refractivity contribution in [2.75, 3.05) is 31.2 Å². The SMILES string of the molecule is C=CC(=O)OCCN(CC)c1ccc(N=Nc2nc3sc(N=Nc4ccc(CCO[Si](C)(C)C(C)(C)C(C)C)cc4)cc3s2)cc1. The molecule has 244 valence electrons. The highest BCUT2D eigenvalue weighted by molar-refractivity contribution is 7.30. The lowest BCUT2D eigenvalue weighted by atomic mass is 9.99. The maximum Gasteiger partial charge on any atom is 0.330 e. The molecule has 0 N–H and O–H groups in total. The van der Waals surface area contributed by atoms with Crippen molar-refractivity contribution < 1.29 is 14.0 Å². The fourth-order valence-electron chi connectivity index (χ4n) is 4.56. The van der Waals surface area contributed by atoms with Crippen molar-refractivity contribution in [1.82, 2.24) is 4.98 Å². The highest BCUT2D eigenvalue weighted by Gasteiger charge is 2.43. The van der Waals surface area contributed by atoms with Gasteiger partial charge in [-0.1, -0.05) is 69.1 Å². The van der Waals surface area contributed by atoms with Crippen LogP contribution >= 0.6 is 22.7 Å². The lowest BCUT2D eigenvalue weighted by Gasteiger charge is -2.42. The minimum Gasteiger partial charge on any atom is -0.461 e. The van der Waals surface area contributed by atoms with E-state index in [4.69, 9.17) is 9.16 Å². The van der Waals surface area contributed by atoms with E-state index in [2.05, 4.69) is 96.8 Å². The molecule has 46 heavy (non-hydrogen) atoms. The third kappa shape index (κ3) is 9.24. The molecular formula is C34H44N6O3S2Si. The number of thiophene rings is 1. The number of likely N-dealkylation sites (N-methyl/N-ethyl adjacent to an activating group) is 1. The van der Waals surface area contributed by atoms with Crippen LogP contribution < -0.4 is 4.90 Å². The Morgan fingerprint density at radius 1 is 1.00 bits per heavy atom. The Morgan fingerprint density at radius 2 is 1.65 bits per heavy atom. The molecule has 0 aliphatic carbocycles. The van der Waals surface area contributed by atoms with Gasteiger partial charge in [0.15, 0.2) is 8.32 Å². The molecule has 2 heterocycles. The van der Waals surface area contributed by atoms with E-state index in [9.17, 15) is 4.79 Å². The molecule has 4 rings (SSSR count). The molecule has 0 aliphatic heterocycles. The Morgan fingerprint density at radius 3 is 2.26 bits per heavy atom. The summed E-state index contributed by atoms with van der Waals surface area (Å²) in [4.78, 5) is 18.9. The van der Waals surface area contributed by atoms with Gasteiger partial charge in [-0.3, -0.25) is 0 Å². The van der Waals surface area contributed by atoms with Crippen molar-refractivity contribution >= 4 is 73.7 Å². The summed E-state index contributed by atoms with van der Waals surface area (Å²) in [6.07, 6.45) is 2.05. The maximum absolute atomic E-state index is 11.3. The van der Waals surface area contributed by atoms with E-state index < -0.39 is 14.3 Å². The predicted octanol–water partition coefficient (Wildman–Crippen LogP) is 10.9. The largest absolute Gasteiger partial charge is 0.461 e. The van der Waals surface area contributed by atoms with Crippen LogP contribution in [0, 0.1) is 5.92 Å². The molecule has 9 nitrogen and oxygen atoms in total. The van der Waals surface area contributed by atoms with Gasteiger partial charge in [0.05, 0.1) is 22.6 Å². The number of fused-ring (bicyclic) bond motifs is 1. The number of nitrogens with zero attached hydrogens (tertiary/aromatic N) is 6. The summed E-state index contributed by atoms with van der Waals surface area (Å²) < 4.78 is 12.6. The number of hydrogen-bond acceptors (Lipinski definition) is 11. The molecule has 0 radical (unpaired) electrons. The van der Waals surface area contributed by atoms with Gasteiger partial charge in [0.1, 0.15) is 16.4 Å². The molecule has 0 unspecified atom stereocenters. The average Bonchev–Trinajstić information content (AvgIpc) is 3.60. The molecule has 0 spiro atoms. The molecule has 0 bridgehead atoms. The molecule has 0 saturated carbocycles. The van der Waals surface area contributed by atoms with Crippen LogP contribution in [0.1, 0.15) is 40.2 Å². The van der Waals surface area contributed by atoms with E-state index in [0.29, 0.717) is 24.2 Å². The van der Waals surface area contributed by atoms with Crippen LogP contribution in [0.3, 0.4) is 0 Å². The summed E-state index contributed by atoms with van der Waals surface area (Å²) in [5, 5.41) is 19.2. The van der Waals surface area contributed by atoms with Crippen molar-refractivity contribution in [2.24, 2.45) is 26.4 Å². The Bertz CT molecular complexity index is 1630. The van der Waals surface area contributed by atoms with Crippen LogP contribution in [-0.2, 0) is 20.4 Å². The molecule has 0 atom stereocenters. The minimum atomic E-state index is -1.82. The van der Waals surface area contributed by atoms with Crippen molar-refractivity contribution in [3.8, 4) is 0 Å². The van der Waals surface area contributed by atoms with Crippen molar-refractivity contribution in [3.63, 3.8) is 0 Å². The Kier molecular flexibility index (Phi) is 12.1. The van der Waals surface area contributed by atoms with Gasteiger partial charge < -0.3 is 14.1 Å². The summed E-state index contributed by atoms with van der Waals surface area (Å²) in [6.45, 7) is 21.8. The number of carbonyl (C=O) groups is 1. The van der Waals surface area contributed by atoms with Crippen LogP contribution in [0.5, 0.6) is 0 Å². The molecule has 0 amide bonds. The Labute approximate surface area is 281 Å². The van der Waals surface area contributed by atoms with Crippen LogP contribution in [0.15, 0.2) is 87.7 Å². The van der Waals surface area contributed by atoms with Crippen molar-refractivity contribution in [3.05, 3.63) is 72.8 Å². The molecular weight excluding hydrogens is 633 g/mol. The highest BCUT2D eigenvalue weighted by atomic mass is 32.1. The second kappa shape index (κ2) is 15.8. The van der Waals surface area contributed by atoms with Crippen LogP contribution in [0.2, 0.25) is 18.1 Å². The number of benzene rings is 2. The van der Waals surface area contributed by atoms with Gasteiger partial charge in [-0.15, -0.1) is 20.5 Å². The molecule has 12 heteroatoms. The summed E-state index contributed by atoms with van der Waals surface area (Å²) in [5.41, 5.74) is 3.78. The number of azo groups is 2. The molecule has 4 aromatic rings. The first-order valence-corrected chi connectivity index (χ1v) is 20.1. The quantitative estimate of drug-likeness (QED) is 0.0509. The van der Waals surface area contributed by atoms with Gasteiger partial charge in [-0.25, -0.2) is 9.78 Å². The summed E-state index contributed by atoms with van der Waals surface area (Å²) >= 11 is 2.95. The van der Waals surface area contributed by atoms with Gasteiger partial charge >= 0.3 is 5.97 Å². The molecule has 2 aromatic heterocycles. The Hall–Kier alpha value is -3.58. The van der Waals surface area contributed by atoms with Gasteiger partial charge in [0.25, 0.3) is 0 Å². The zero-order valence-corrected chi connectivity index (χ0v) is 30.5. The smallest absolute Gasteiger partial charge is 0.330 e. The third-order valence-electron chi connectivity index (χ3n) is 8.73. The first-order chi connectivity index (χ1) is 21.9. The number of anilines is 1. The number of rotatable bonds is 16. The van der Waals surface area contributed by atoms with Crippen LogP contribution in [0.4, 0.5) is 27.2 Å². The van der Waals surface area contributed by atoms with Gasteiger partial charge in [0.2, 0.25) is 5.13 Å². The van der Waals surface area contributed by atoms with E-state index in [1.807, 2.05) is 42.5 Å². The standard InChI is InChI=1S/C34H44N6O3S2Si/c1-9-31(41)42-22-20-40(10-2)28-17-15-27(16-18-28)37-39-33-35-32-29(44-33)23-30(45-32)38-36-26-13-11-25(12-14-26)19-21-43-46(7,8)34(5,6)24(3)4/h9,11-18,23-24H,1,10,19-22H2,2-8H3. The van der Waals surface area contributed by atoms with E-state index in [0.717, 1.165) is 51.2 Å². The normalized spacial score (nSPS) is 12.5. The molecule has 2 aromatic carbocycles. The second-order valence-electron chi connectivity index (χ2n) is 12.3. The lowest BCUT2D eigenvalue weighted by molar-refractivity contribution is -0.137. The van der Waals surface area contributed by atoms with Gasteiger partial charge in [-0.2, -0.15) is 0 Å². The van der Waals surface area contributed by atoms with E-state index in [1.165, 1.54) is 34.3 Å². The van der Waals surface area contributed by atoms with Crippen LogP contribution in [0.25, 0.3) is 9.53 Å². The fourth-order valence-corrected chi connectivity index (χ4v) is 8.79. The molecule has 0 fully saturated rings. The van der Waals surface area contributed by atoms with E-state index in [-0.39, 0.29) is 5.04 Å². The van der Waals surface area contributed by atoms with Gasteiger partial charge in [-0.05, 0) is 85.4 Å². The number of hydrogen-bond donors (Lipinski definition) is 0.